The molecule has 1 aromatic carbocycles. The Morgan fingerprint density at radius 2 is 2.21 bits per heavy atom. The molecule has 0 unspecified atom stereocenters. The van der Waals surface area contributed by atoms with Gasteiger partial charge in [-0.2, -0.15) is 5.10 Å². The summed E-state index contributed by atoms with van der Waals surface area (Å²) in [5.41, 5.74) is 3.85. The summed E-state index contributed by atoms with van der Waals surface area (Å²) in [6.07, 6.45) is 1.66. The minimum absolute atomic E-state index is 0.200. The third kappa shape index (κ3) is 4.26. The van der Waals surface area contributed by atoms with E-state index in [0.29, 0.717) is 5.56 Å². The molecule has 6 heteroatoms. The lowest BCUT2D eigenvalue weighted by Gasteiger charge is -1.97. The van der Waals surface area contributed by atoms with Gasteiger partial charge in [0.2, 0.25) is 5.91 Å². The molecule has 98 valence electrons. The average Bonchev–Trinajstić information content (AvgIpc) is 2.77. The molecule has 2 rings (SSSR count). The first-order valence-corrected chi connectivity index (χ1v) is 6.50. The Hall–Kier alpha value is -2.08. The van der Waals surface area contributed by atoms with E-state index >= 15 is 0 Å². The number of nitrogens with zero attached hydrogens (tertiary/aromatic N) is 2. The van der Waals surface area contributed by atoms with Crippen LogP contribution in [0.4, 0.5) is 4.39 Å². The van der Waals surface area contributed by atoms with Crippen LogP contribution >= 0.6 is 11.3 Å². The summed E-state index contributed by atoms with van der Waals surface area (Å²) in [6, 6.07) is 5.83. The van der Waals surface area contributed by atoms with E-state index in [4.69, 9.17) is 0 Å². The number of hydrogen-bond donors (Lipinski definition) is 1. The minimum atomic E-state index is -0.305. The van der Waals surface area contributed by atoms with Gasteiger partial charge in [0.05, 0.1) is 23.3 Å². The van der Waals surface area contributed by atoms with Crippen molar-refractivity contribution in [3.63, 3.8) is 0 Å². The number of nitrogens with one attached hydrogen (secondary N) is 1. The Morgan fingerprint density at radius 1 is 1.47 bits per heavy atom. The van der Waals surface area contributed by atoms with Gasteiger partial charge < -0.3 is 0 Å². The van der Waals surface area contributed by atoms with Gasteiger partial charge in [-0.1, -0.05) is 12.1 Å². The molecule has 1 amide bonds. The van der Waals surface area contributed by atoms with Crippen molar-refractivity contribution in [2.24, 2.45) is 5.10 Å². The van der Waals surface area contributed by atoms with Gasteiger partial charge >= 0.3 is 0 Å². The summed E-state index contributed by atoms with van der Waals surface area (Å²) in [4.78, 5) is 15.7. The van der Waals surface area contributed by atoms with Crippen LogP contribution in [0.25, 0.3) is 0 Å². The lowest BCUT2D eigenvalue weighted by atomic mass is 10.2. The van der Waals surface area contributed by atoms with Crippen molar-refractivity contribution in [3.8, 4) is 0 Å². The molecule has 2 aromatic rings. The lowest BCUT2D eigenvalue weighted by molar-refractivity contribution is -0.120. The second-order valence-electron chi connectivity index (χ2n) is 3.88. The number of hydrazone groups is 1. The number of thiazole rings is 1. The van der Waals surface area contributed by atoms with E-state index in [1.165, 1.54) is 29.7 Å². The standard InChI is InChI=1S/C13H12FN3OS/c1-9-16-12(8-19-9)6-13(18)17-15-7-10-2-4-11(14)5-3-10/h2-5,7-8H,6H2,1H3,(H,17,18)/b15-7-. The van der Waals surface area contributed by atoms with Gasteiger partial charge in [0.1, 0.15) is 5.82 Å². The van der Waals surface area contributed by atoms with Crippen LogP contribution in [-0.4, -0.2) is 17.1 Å². The Bertz CT molecular complexity index is 592. The topological polar surface area (TPSA) is 54.4 Å². The maximum atomic E-state index is 12.7. The molecule has 0 fully saturated rings. The Balaban J connectivity index is 1.84. The summed E-state index contributed by atoms with van der Waals surface area (Å²) >= 11 is 1.50. The first kappa shape index (κ1) is 13.4. The molecule has 0 aliphatic rings. The third-order valence-corrected chi connectivity index (χ3v) is 3.10. The van der Waals surface area contributed by atoms with Crippen molar-refractivity contribution >= 4 is 23.5 Å². The number of amides is 1. The van der Waals surface area contributed by atoms with Gasteiger partial charge in [0.25, 0.3) is 0 Å². The van der Waals surface area contributed by atoms with Crippen molar-refractivity contribution < 1.29 is 9.18 Å². The van der Waals surface area contributed by atoms with Crippen molar-refractivity contribution in [3.05, 3.63) is 51.7 Å². The molecular weight excluding hydrogens is 265 g/mol. The van der Waals surface area contributed by atoms with E-state index in [2.05, 4.69) is 15.5 Å². The predicted octanol–water partition coefficient (Wildman–Crippen LogP) is 2.28. The van der Waals surface area contributed by atoms with Crippen molar-refractivity contribution in [1.82, 2.24) is 10.4 Å². The largest absolute Gasteiger partial charge is 0.273 e. The van der Waals surface area contributed by atoms with Gasteiger partial charge in [-0.3, -0.25) is 4.79 Å². The van der Waals surface area contributed by atoms with Crippen LogP contribution in [0.1, 0.15) is 16.3 Å². The maximum Gasteiger partial charge on any atom is 0.246 e. The van der Waals surface area contributed by atoms with Gasteiger partial charge in [-0.25, -0.2) is 14.8 Å². The maximum absolute atomic E-state index is 12.7. The van der Waals surface area contributed by atoms with Gasteiger partial charge in [-0.05, 0) is 24.6 Å². The summed E-state index contributed by atoms with van der Waals surface area (Å²) in [5.74, 6) is -0.538. The van der Waals surface area contributed by atoms with E-state index in [-0.39, 0.29) is 18.1 Å². The first-order chi connectivity index (χ1) is 9.13. The highest BCUT2D eigenvalue weighted by atomic mass is 32.1. The van der Waals surface area contributed by atoms with Crippen molar-refractivity contribution in [2.75, 3.05) is 0 Å². The molecule has 19 heavy (non-hydrogen) atoms. The first-order valence-electron chi connectivity index (χ1n) is 5.62. The highest BCUT2D eigenvalue weighted by Gasteiger charge is 2.04. The van der Waals surface area contributed by atoms with Gasteiger partial charge in [0.15, 0.2) is 0 Å². The highest BCUT2D eigenvalue weighted by Crippen LogP contribution is 2.08. The molecule has 0 bridgehead atoms. The number of carbonyl (C=O) groups excluding carboxylic acids is 1. The molecule has 0 spiro atoms. The molecule has 4 nitrogen and oxygen atoms in total. The second kappa shape index (κ2) is 6.19. The highest BCUT2D eigenvalue weighted by molar-refractivity contribution is 7.09. The quantitative estimate of drug-likeness (QED) is 0.688. The fourth-order valence-corrected chi connectivity index (χ4v) is 2.03. The predicted molar refractivity (Wildman–Crippen MR) is 72.7 cm³/mol. The number of hydrogen-bond acceptors (Lipinski definition) is 4. The number of aryl methyl sites for hydroxylation is 1. The number of carbonyl (C=O) groups is 1. The number of rotatable bonds is 4. The smallest absolute Gasteiger partial charge is 0.246 e. The zero-order chi connectivity index (χ0) is 13.7. The molecule has 1 aromatic heterocycles. The summed E-state index contributed by atoms with van der Waals surface area (Å²) in [7, 11) is 0. The second-order valence-corrected chi connectivity index (χ2v) is 4.94. The fraction of sp³-hybridized carbons (Fsp3) is 0.154. The number of aromatic nitrogens is 1. The molecule has 0 saturated carbocycles. The summed E-state index contributed by atoms with van der Waals surface area (Å²) in [6.45, 7) is 1.89. The number of halogens is 1. The van der Waals surface area contributed by atoms with Crippen LogP contribution < -0.4 is 5.43 Å². The molecule has 0 aliphatic heterocycles. The normalized spacial score (nSPS) is 10.8. The summed E-state index contributed by atoms with van der Waals surface area (Å²) < 4.78 is 12.7. The van der Waals surface area contributed by atoms with Crippen LogP contribution in [-0.2, 0) is 11.2 Å². The molecule has 0 saturated heterocycles. The zero-order valence-corrected chi connectivity index (χ0v) is 11.1. The molecule has 1 heterocycles. The zero-order valence-electron chi connectivity index (χ0n) is 10.3. The van der Waals surface area contributed by atoms with Gasteiger partial charge in [-0.15, -0.1) is 11.3 Å². The van der Waals surface area contributed by atoms with Crippen LogP contribution in [0.2, 0.25) is 0 Å². The van der Waals surface area contributed by atoms with Crippen LogP contribution in [0, 0.1) is 12.7 Å². The summed E-state index contributed by atoms with van der Waals surface area (Å²) in [5, 5.41) is 6.58. The Kier molecular flexibility index (Phi) is 4.35. The SMILES string of the molecule is Cc1nc(CC(=O)N/N=C\c2ccc(F)cc2)cs1. The molecular formula is C13H12FN3OS. The molecule has 1 N–H and O–H groups in total. The van der Waals surface area contributed by atoms with E-state index in [1.807, 2.05) is 12.3 Å². The average molecular weight is 277 g/mol. The van der Waals surface area contributed by atoms with E-state index in [0.717, 1.165) is 10.7 Å². The minimum Gasteiger partial charge on any atom is -0.273 e. The van der Waals surface area contributed by atoms with Crippen molar-refractivity contribution in [2.45, 2.75) is 13.3 Å². The van der Waals surface area contributed by atoms with Crippen LogP contribution in [0.15, 0.2) is 34.7 Å². The van der Waals surface area contributed by atoms with Gasteiger partial charge in [0, 0.05) is 5.38 Å². The van der Waals surface area contributed by atoms with Crippen molar-refractivity contribution in [1.29, 1.82) is 0 Å². The Morgan fingerprint density at radius 3 is 2.84 bits per heavy atom. The van der Waals surface area contributed by atoms with E-state index in [1.54, 1.807) is 12.1 Å². The molecule has 0 radical (unpaired) electrons. The Labute approximate surface area is 114 Å². The number of benzene rings is 1. The van der Waals surface area contributed by atoms with E-state index < -0.39 is 0 Å². The van der Waals surface area contributed by atoms with E-state index in [9.17, 15) is 9.18 Å². The van der Waals surface area contributed by atoms with Crippen LogP contribution in [0.5, 0.6) is 0 Å². The molecule has 0 atom stereocenters. The molecule has 0 aliphatic carbocycles. The monoisotopic (exact) mass is 277 g/mol. The third-order valence-electron chi connectivity index (χ3n) is 2.28. The lowest BCUT2D eigenvalue weighted by Crippen LogP contribution is -2.19. The fourth-order valence-electron chi connectivity index (χ4n) is 1.42. The van der Waals surface area contributed by atoms with Crippen LogP contribution in [0.3, 0.4) is 0 Å².